The first-order valence-corrected chi connectivity index (χ1v) is 6.58. The minimum atomic E-state index is -0.437. The van der Waals surface area contributed by atoms with E-state index in [9.17, 15) is 10.1 Å². The highest BCUT2D eigenvalue weighted by atomic mass is 16.6. The Labute approximate surface area is 128 Å². The highest BCUT2D eigenvalue weighted by Gasteiger charge is 2.18. The van der Waals surface area contributed by atoms with E-state index >= 15 is 0 Å². The van der Waals surface area contributed by atoms with Gasteiger partial charge in [0.2, 0.25) is 5.82 Å². The van der Waals surface area contributed by atoms with Crippen LogP contribution in [0.25, 0.3) is 0 Å². The molecule has 116 valence electrons. The Morgan fingerprint density at radius 1 is 1.23 bits per heavy atom. The molecule has 1 heterocycles. The van der Waals surface area contributed by atoms with Crippen molar-refractivity contribution in [3.63, 3.8) is 0 Å². The van der Waals surface area contributed by atoms with E-state index in [-0.39, 0.29) is 5.69 Å². The molecule has 7 heteroatoms. The molecule has 0 spiro atoms. The standard InChI is InChI=1S/C15H17N3O4/c1-17(15-12(18(19)20)5-4-8-16-15)10-11-6-7-13(21-2)14(9-11)22-3/h4-9H,10H2,1-3H3. The molecule has 0 saturated heterocycles. The molecule has 0 bridgehead atoms. The number of methoxy groups -OCH3 is 2. The molecular weight excluding hydrogens is 286 g/mol. The second-order valence-electron chi connectivity index (χ2n) is 4.65. The van der Waals surface area contributed by atoms with Gasteiger partial charge in [-0.25, -0.2) is 4.98 Å². The van der Waals surface area contributed by atoms with Gasteiger partial charge in [0.05, 0.1) is 19.1 Å². The number of nitrogens with zero attached hydrogens (tertiary/aromatic N) is 3. The van der Waals surface area contributed by atoms with Crippen molar-refractivity contribution < 1.29 is 14.4 Å². The molecule has 0 atom stereocenters. The first-order valence-electron chi connectivity index (χ1n) is 6.58. The van der Waals surface area contributed by atoms with Gasteiger partial charge in [0, 0.05) is 25.9 Å². The fourth-order valence-corrected chi connectivity index (χ4v) is 2.15. The molecule has 0 fully saturated rings. The number of aromatic nitrogens is 1. The van der Waals surface area contributed by atoms with Crippen molar-refractivity contribution in [2.75, 3.05) is 26.2 Å². The summed E-state index contributed by atoms with van der Waals surface area (Å²) in [7, 11) is 4.89. The number of pyridine rings is 1. The molecule has 22 heavy (non-hydrogen) atoms. The van der Waals surface area contributed by atoms with Gasteiger partial charge in [0.1, 0.15) is 0 Å². The van der Waals surface area contributed by atoms with E-state index in [4.69, 9.17) is 9.47 Å². The van der Waals surface area contributed by atoms with Crippen LogP contribution in [0.3, 0.4) is 0 Å². The zero-order chi connectivity index (χ0) is 16.1. The lowest BCUT2D eigenvalue weighted by molar-refractivity contribution is -0.384. The molecule has 0 aliphatic heterocycles. The Kier molecular flexibility index (Phi) is 4.77. The lowest BCUT2D eigenvalue weighted by Crippen LogP contribution is -2.19. The van der Waals surface area contributed by atoms with Crippen LogP contribution in [-0.4, -0.2) is 31.2 Å². The van der Waals surface area contributed by atoms with Gasteiger partial charge >= 0.3 is 5.69 Å². The van der Waals surface area contributed by atoms with Gasteiger partial charge in [-0.3, -0.25) is 10.1 Å². The van der Waals surface area contributed by atoms with Gasteiger partial charge in [-0.1, -0.05) is 6.07 Å². The molecule has 0 aliphatic carbocycles. The van der Waals surface area contributed by atoms with Crippen molar-refractivity contribution >= 4 is 11.5 Å². The number of benzene rings is 1. The summed E-state index contributed by atoms with van der Waals surface area (Å²) in [4.78, 5) is 16.5. The average molecular weight is 303 g/mol. The maximum atomic E-state index is 11.1. The first kappa shape index (κ1) is 15.6. The third-order valence-corrected chi connectivity index (χ3v) is 3.19. The molecule has 0 saturated carbocycles. The molecule has 1 aromatic heterocycles. The molecule has 0 N–H and O–H groups in total. The van der Waals surface area contributed by atoms with Crippen LogP contribution in [0.1, 0.15) is 5.56 Å². The number of hydrogen-bond acceptors (Lipinski definition) is 6. The van der Waals surface area contributed by atoms with Gasteiger partial charge in [0.15, 0.2) is 11.5 Å². The van der Waals surface area contributed by atoms with Crippen LogP contribution in [0.2, 0.25) is 0 Å². The second-order valence-corrected chi connectivity index (χ2v) is 4.65. The van der Waals surface area contributed by atoms with Crippen LogP contribution in [0.4, 0.5) is 11.5 Å². The Balaban J connectivity index is 2.26. The highest BCUT2D eigenvalue weighted by molar-refractivity contribution is 5.57. The quantitative estimate of drug-likeness (QED) is 0.603. The summed E-state index contributed by atoms with van der Waals surface area (Å²) in [6.07, 6.45) is 1.54. The predicted octanol–water partition coefficient (Wildman–Crippen LogP) is 2.64. The molecule has 2 rings (SSSR count). The molecule has 0 amide bonds. The smallest absolute Gasteiger partial charge is 0.311 e. The van der Waals surface area contributed by atoms with Crippen LogP contribution in [-0.2, 0) is 6.54 Å². The van der Waals surface area contributed by atoms with Crippen molar-refractivity contribution in [1.82, 2.24) is 4.98 Å². The fraction of sp³-hybridized carbons (Fsp3) is 0.267. The summed E-state index contributed by atoms with van der Waals surface area (Å²) in [5.74, 6) is 1.57. The highest BCUT2D eigenvalue weighted by Crippen LogP contribution is 2.29. The van der Waals surface area contributed by atoms with E-state index in [1.165, 1.54) is 12.3 Å². The third-order valence-electron chi connectivity index (χ3n) is 3.19. The number of ether oxygens (including phenoxy) is 2. The summed E-state index contributed by atoms with van der Waals surface area (Å²) in [6, 6.07) is 8.50. The largest absolute Gasteiger partial charge is 0.493 e. The fourth-order valence-electron chi connectivity index (χ4n) is 2.15. The second kappa shape index (κ2) is 6.75. The summed E-state index contributed by atoms with van der Waals surface area (Å²) in [5.41, 5.74) is 0.908. The minimum absolute atomic E-state index is 0.0227. The van der Waals surface area contributed by atoms with Crippen molar-refractivity contribution in [2.45, 2.75) is 6.54 Å². The van der Waals surface area contributed by atoms with Gasteiger partial charge in [-0.2, -0.15) is 0 Å². The lowest BCUT2D eigenvalue weighted by atomic mass is 10.2. The molecule has 7 nitrogen and oxygen atoms in total. The van der Waals surface area contributed by atoms with E-state index in [2.05, 4.69) is 4.98 Å². The van der Waals surface area contributed by atoms with Crippen molar-refractivity contribution in [2.24, 2.45) is 0 Å². The third kappa shape index (κ3) is 3.25. The molecule has 2 aromatic rings. The van der Waals surface area contributed by atoms with E-state index in [1.54, 1.807) is 38.3 Å². The normalized spacial score (nSPS) is 10.1. The SMILES string of the molecule is COc1ccc(CN(C)c2ncccc2[N+](=O)[O-])cc1OC. The number of rotatable bonds is 6. The van der Waals surface area contributed by atoms with Gasteiger partial charge < -0.3 is 14.4 Å². The van der Waals surface area contributed by atoms with Crippen LogP contribution in [0, 0.1) is 10.1 Å². The number of nitro groups is 1. The first-order chi connectivity index (χ1) is 10.6. The Morgan fingerprint density at radius 2 is 1.95 bits per heavy atom. The summed E-state index contributed by atoms with van der Waals surface area (Å²) in [6.45, 7) is 0.457. The Bertz CT molecular complexity index is 676. The molecule has 0 aliphatic rings. The Morgan fingerprint density at radius 3 is 2.59 bits per heavy atom. The van der Waals surface area contributed by atoms with Crippen LogP contribution < -0.4 is 14.4 Å². The number of anilines is 1. The van der Waals surface area contributed by atoms with E-state index in [0.29, 0.717) is 23.9 Å². The molecular formula is C15H17N3O4. The molecule has 0 unspecified atom stereocenters. The summed E-state index contributed by atoms with van der Waals surface area (Å²) >= 11 is 0. The minimum Gasteiger partial charge on any atom is -0.493 e. The van der Waals surface area contributed by atoms with Crippen LogP contribution >= 0.6 is 0 Å². The van der Waals surface area contributed by atoms with Crippen LogP contribution in [0.5, 0.6) is 11.5 Å². The maximum Gasteiger partial charge on any atom is 0.311 e. The monoisotopic (exact) mass is 303 g/mol. The average Bonchev–Trinajstić information content (AvgIpc) is 2.54. The van der Waals surface area contributed by atoms with Gasteiger partial charge in [-0.05, 0) is 23.8 Å². The van der Waals surface area contributed by atoms with Crippen LogP contribution in [0.15, 0.2) is 36.5 Å². The van der Waals surface area contributed by atoms with Crippen molar-refractivity contribution in [1.29, 1.82) is 0 Å². The molecule has 1 aromatic carbocycles. The van der Waals surface area contributed by atoms with Crippen molar-refractivity contribution in [3.8, 4) is 11.5 Å². The zero-order valence-corrected chi connectivity index (χ0v) is 12.6. The maximum absolute atomic E-state index is 11.1. The van der Waals surface area contributed by atoms with Crippen molar-refractivity contribution in [3.05, 3.63) is 52.2 Å². The lowest BCUT2D eigenvalue weighted by Gasteiger charge is -2.18. The van der Waals surface area contributed by atoms with E-state index < -0.39 is 4.92 Å². The topological polar surface area (TPSA) is 77.7 Å². The summed E-state index contributed by atoms with van der Waals surface area (Å²) in [5, 5.41) is 11.1. The van der Waals surface area contributed by atoms with E-state index in [0.717, 1.165) is 5.56 Å². The zero-order valence-electron chi connectivity index (χ0n) is 12.6. The molecule has 0 radical (unpaired) electrons. The van der Waals surface area contributed by atoms with Gasteiger partial charge in [0.25, 0.3) is 0 Å². The Hall–Kier alpha value is -2.83. The predicted molar refractivity (Wildman–Crippen MR) is 82.5 cm³/mol. The number of hydrogen-bond donors (Lipinski definition) is 0. The van der Waals surface area contributed by atoms with E-state index in [1.807, 2.05) is 12.1 Å². The summed E-state index contributed by atoms with van der Waals surface area (Å²) < 4.78 is 10.4. The van der Waals surface area contributed by atoms with Gasteiger partial charge in [-0.15, -0.1) is 0 Å².